The fourth-order valence-electron chi connectivity index (χ4n) is 1.29. The van der Waals surface area contributed by atoms with E-state index in [1.807, 2.05) is 13.8 Å². The molecule has 0 heterocycles. The first-order chi connectivity index (χ1) is 7.56. The van der Waals surface area contributed by atoms with Crippen molar-refractivity contribution in [2.75, 3.05) is 0 Å². The molecular formula is C11H21NO4. The molecule has 0 aliphatic heterocycles. The number of nitrogens with one attached hydrogen (secondary N) is 1. The lowest BCUT2D eigenvalue weighted by Gasteiger charge is -2.07. The van der Waals surface area contributed by atoms with Crippen LogP contribution in [0.1, 0.15) is 52.4 Å². The Morgan fingerprint density at radius 1 is 1.12 bits per heavy atom. The zero-order chi connectivity index (χ0) is 12.4. The Labute approximate surface area is 96.1 Å². The molecule has 5 nitrogen and oxygen atoms in total. The summed E-state index contributed by atoms with van der Waals surface area (Å²) < 4.78 is 4.98. The quantitative estimate of drug-likeness (QED) is 0.289. The highest BCUT2D eigenvalue weighted by Gasteiger charge is 2.04. The van der Waals surface area contributed by atoms with Gasteiger partial charge in [-0.1, -0.05) is 12.8 Å². The van der Waals surface area contributed by atoms with Crippen molar-refractivity contribution >= 4 is 11.9 Å². The van der Waals surface area contributed by atoms with Crippen LogP contribution in [0, 0.1) is 0 Å². The van der Waals surface area contributed by atoms with E-state index in [9.17, 15) is 9.59 Å². The van der Waals surface area contributed by atoms with Crippen LogP contribution in [0.4, 0.5) is 0 Å². The summed E-state index contributed by atoms with van der Waals surface area (Å²) in [6.07, 6.45) is 3.99. The van der Waals surface area contributed by atoms with Gasteiger partial charge in [-0.25, -0.2) is 5.48 Å². The second kappa shape index (κ2) is 9.15. The van der Waals surface area contributed by atoms with E-state index < -0.39 is 0 Å². The number of amides is 1. The normalized spacial score (nSPS) is 10.2. The molecule has 0 spiro atoms. The van der Waals surface area contributed by atoms with Gasteiger partial charge < -0.3 is 4.74 Å². The highest BCUT2D eigenvalue weighted by atomic mass is 16.5. The van der Waals surface area contributed by atoms with Crippen molar-refractivity contribution in [1.82, 2.24) is 5.48 Å². The van der Waals surface area contributed by atoms with Gasteiger partial charge in [0.05, 0.1) is 6.10 Å². The van der Waals surface area contributed by atoms with Crippen LogP contribution in [0.15, 0.2) is 0 Å². The number of hydrogen-bond donors (Lipinski definition) is 2. The standard InChI is InChI=1S/C11H21NO4/c1-9(2)16-11(14)8-6-4-3-5-7-10(13)12-15/h9,15H,3-8H2,1-2H3,(H,12,13). The minimum atomic E-state index is -0.362. The summed E-state index contributed by atoms with van der Waals surface area (Å²) in [5.41, 5.74) is 1.58. The van der Waals surface area contributed by atoms with Gasteiger partial charge in [-0.2, -0.15) is 0 Å². The fraction of sp³-hybridized carbons (Fsp3) is 0.818. The average molecular weight is 231 g/mol. The molecule has 0 unspecified atom stereocenters. The third-order valence-electron chi connectivity index (χ3n) is 2.03. The van der Waals surface area contributed by atoms with Crippen LogP contribution in [-0.2, 0) is 14.3 Å². The predicted octanol–water partition coefficient (Wildman–Crippen LogP) is 1.78. The van der Waals surface area contributed by atoms with Crippen molar-refractivity contribution in [2.45, 2.75) is 58.5 Å². The van der Waals surface area contributed by atoms with Crippen molar-refractivity contribution in [3.63, 3.8) is 0 Å². The van der Waals surface area contributed by atoms with Gasteiger partial charge >= 0.3 is 5.97 Å². The number of ether oxygens (including phenoxy) is 1. The van der Waals surface area contributed by atoms with Gasteiger partial charge in [0, 0.05) is 12.8 Å². The van der Waals surface area contributed by atoms with Crippen molar-refractivity contribution in [1.29, 1.82) is 0 Å². The van der Waals surface area contributed by atoms with Crippen LogP contribution >= 0.6 is 0 Å². The lowest BCUT2D eigenvalue weighted by molar-refractivity contribution is -0.147. The molecule has 0 aromatic carbocycles. The van der Waals surface area contributed by atoms with E-state index in [0.29, 0.717) is 12.8 Å². The topological polar surface area (TPSA) is 75.6 Å². The molecule has 0 aliphatic carbocycles. The van der Waals surface area contributed by atoms with Crippen LogP contribution in [0.25, 0.3) is 0 Å². The summed E-state index contributed by atoms with van der Waals surface area (Å²) in [6.45, 7) is 3.65. The molecule has 0 saturated heterocycles. The molecule has 0 radical (unpaired) electrons. The predicted molar refractivity (Wildman–Crippen MR) is 58.9 cm³/mol. The summed E-state index contributed by atoms with van der Waals surface area (Å²) in [7, 11) is 0. The van der Waals surface area contributed by atoms with Crippen molar-refractivity contribution in [3.8, 4) is 0 Å². The number of carbonyl (C=O) groups excluding carboxylic acids is 2. The summed E-state index contributed by atoms with van der Waals surface area (Å²) >= 11 is 0. The summed E-state index contributed by atoms with van der Waals surface area (Å²) in [5, 5.41) is 8.23. The van der Waals surface area contributed by atoms with Gasteiger partial charge in [-0.3, -0.25) is 14.8 Å². The fourth-order valence-corrected chi connectivity index (χ4v) is 1.29. The minimum Gasteiger partial charge on any atom is -0.463 e. The summed E-state index contributed by atoms with van der Waals surface area (Å²) in [4.78, 5) is 21.8. The maximum atomic E-state index is 11.1. The Hall–Kier alpha value is -1.10. The number of esters is 1. The molecule has 94 valence electrons. The molecule has 0 rings (SSSR count). The summed E-state index contributed by atoms with van der Waals surface area (Å²) in [6, 6.07) is 0. The van der Waals surface area contributed by atoms with E-state index in [1.54, 1.807) is 5.48 Å². The van der Waals surface area contributed by atoms with Gasteiger partial charge in [0.15, 0.2) is 0 Å². The van der Waals surface area contributed by atoms with Crippen molar-refractivity contribution in [3.05, 3.63) is 0 Å². The lowest BCUT2D eigenvalue weighted by Crippen LogP contribution is -2.17. The molecule has 2 N–H and O–H groups in total. The Morgan fingerprint density at radius 3 is 2.19 bits per heavy atom. The molecule has 0 aromatic rings. The maximum absolute atomic E-state index is 11.1. The Morgan fingerprint density at radius 2 is 1.69 bits per heavy atom. The van der Waals surface area contributed by atoms with Crippen LogP contribution < -0.4 is 5.48 Å². The molecule has 5 heteroatoms. The molecule has 0 atom stereocenters. The van der Waals surface area contributed by atoms with E-state index in [4.69, 9.17) is 9.94 Å². The Kier molecular flexibility index (Phi) is 8.52. The molecule has 0 aliphatic rings. The van der Waals surface area contributed by atoms with E-state index in [1.165, 1.54) is 0 Å². The molecule has 0 aromatic heterocycles. The maximum Gasteiger partial charge on any atom is 0.306 e. The monoisotopic (exact) mass is 231 g/mol. The number of unbranched alkanes of at least 4 members (excludes halogenated alkanes) is 3. The first-order valence-electron chi connectivity index (χ1n) is 5.68. The highest BCUT2D eigenvalue weighted by Crippen LogP contribution is 2.06. The third-order valence-corrected chi connectivity index (χ3v) is 2.03. The summed E-state index contributed by atoms with van der Waals surface area (Å²) in [5.74, 6) is -0.526. The zero-order valence-electron chi connectivity index (χ0n) is 9.99. The minimum absolute atomic E-state index is 0.0549. The third kappa shape index (κ3) is 9.45. The molecule has 0 saturated carbocycles. The second-order valence-electron chi connectivity index (χ2n) is 3.99. The lowest BCUT2D eigenvalue weighted by atomic mass is 10.1. The smallest absolute Gasteiger partial charge is 0.306 e. The van der Waals surface area contributed by atoms with Crippen molar-refractivity contribution < 1.29 is 19.5 Å². The first-order valence-corrected chi connectivity index (χ1v) is 5.68. The average Bonchev–Trinajstić information content (AvgIpc) is 2.21. The molecule has 1 amide bonds. The number of carbonyl (C=O) groups is 2. The van der Waals surface area contributed by atoms with E-state index in [0.717, 1.165) is 25.7 Å². The number of rotatable bonds is 8. The van der Waals surface area contributed by atoms with E-state index >= 15 is 0 Å². The Balaban J connectivity index is 3.27. The van der Waals surface area contributed by atoms with Gasteiger partial charge in [0.1, 0.15) is 0 Å². The van der Waals surface area contributed by atoms with Crippen molar-refractivity contribution in [2.24, 2.45) is 0 Å². The van der Waals surface area contributed by atoms with Gasteiger partial charge in [-0.15, -0.1) is 0 Å². The number of hydroxylamine groups is 1. The highest BCUT2D eigenvalue weighted by molar-refractivity contribution is 5.74. The van der Waals surface area contributed by atoms with Crippen LogP contribution in [-0.4, -0.2) is 23.2 Å². The first kappa shape index (κ1) is 14.9. The van der Waals surface area contributed by atoms with Crippen LogP contribution in [0.3, 0.4) is 0 Å². The van der Waals surface area contributed by atoms with E-state index in [2.05, 4.69) is 0 Å². The van der Waals surface area contributed by atoms with Crippen LogP contribution in [0.5, 0.6) is 0 Å². The Bertz CT molecular complexity index is 216. The second-order valence-corrected chi connectivity index (χ2v) is 3.99. The SMILES string of the molecule is CC(C)OC(=O)CCCCCCC(=O)NO. The molecule has 0 bridgehead atoms. The zero-order valence-corrected chi connectivity index (χ0v) is 9.99. The molecular weight excluding hydrogens is 210 g/mol. The number of hydrogen-bond acceptors (Lipinski definition) is 4. The van der Waals surface area contributed by atoms with E-state index in [-0.39, 0.29) is 18.0 Å². The molecule has 0 fully saturated rings. The van der Waals surface area contributed by atoms with Gasteiger partial charge in [0.2, 0.25) is 5.91 Å². The van der Waals surface area contributed by atoms with Gasteiger partial charge in [0.25, 0.3) is 0 Å². The molecule has 16 heavy (non-hydrogen) atoms. The van der Waals surface area contributed by atoms with Crippen LogP contribution in [0.2, 0.25) is 0 Å². The largest absolute Gasteiger partial charge is 0.463 e. The van der Waals surface area contributed by atoms with Gasteiger partial charge in [-0.05, 0) is 26.7 Å².